The van der Waals surface area contributed by atoms with Gasteiger partial charge in [0.2, 0.25) is 0 Å². The van der Waals surface area contributed by atoms with Crippen LogP contribution in [0.4, 0.5) is 0 Å². The van der Waals surface area contributed by atoms with E-state index in [1.165, 1.54) is 0 Å². The Balaban J connectivity index is 3.50. The van der Waals surface area contributed by atoms with Crippen molar-refractivity contribution in [2.75, 3.05) is 13.2 Å². The molecule has 0 radical (unpaired) electrons. The molecule has 0 N–H and O–H groups in total. The highest BCUT2D eigenvalue weighted by molar-refractivity contribution is 5.81. The van der Waals surface area contributed by atoms with Crippen LogP contribution in [0.15, 0.2) is 12.7 Å². The van der Waals surface area contributed by atoms with Crippen molar-refractivity contribution < 1.29 is 19.1 Å². The zero-order valence-electron chi connectivity index (χ0n) is 8.62. The summed E-state index contributed by atoms with van der Waals surface area (Å²) >= 11 is 0. The van der Waals surface area contributed by atoms with Crippen molar-refractivity contribution in [3.05, 3.63) is 12.7 Å². The van der Waals surface area contributed by atoms with Gasteiger partial charge < -0.3 is 9.47 Å². The second-order valence-electron chi connectivity index (χ2n) is 2.85. The largest absolute Gasteiger partial charge is 0.462 e. The summed E-state index contributed by atoms with van der Waals surface area (Å²) in [6, 6.07) is 0. The number of ether oxygens (including phenoxy) is 2. The van der Waals surface area contributed by atoms with E-state index < -0.39 is 5.97 Å². The van der Waals surface area contributed by atoms with E-state index in [-0.39, 0.29) is 25.1 Å². The molecular weight excluding hydrogens is 184 g/mol. The van der Waals surface area contributed by atoms with Crippen molar-refractivity contribution in [1.29, 1.82) is 0 Å². The van der Waals surface area contributed by atoms with E-state index in [4.69, 9.17) is 4.74 Å². The number of rotatable bonds is 6. The van der Waals surface area contributed by atoms with Gasteiger partial charge in [-0.05, 0) is 6.42 Å². The Morgan fingerprint density at radius 1 is 1.36 bits per heavy atom. The summed E-state index contributed by atoms with van der Waals surface area (Å²) in [5, 5.41) is 0. The zero-order valence-corrected chi connectivity index (χ0v) is 8.62. The number of carbonyl (C=O) groups is 2. The Morgan fingerprint density at radius 2 is 1.93 bits per heavy atom. The van der Waals surface area contributed by atoms with Crippen LogP contribution < -0.4 is 0 Å². The minimum Gasteiger partial charge on any atom is -0.462 e. The predicted molar refractivity (Wildman–Crippen MR) is 51.6 cm³/mol. The average Bonchev–Trinajstić information content (AvgIpc) is 2.22. The second-order valence-corrected chi connectivity index (χ2v) is 2.85. The molecule has 0 saturated carbocycles. The van der Waals surface area contributed by atoms with Gasteiger partial charge >= 0.3 is 11.9 Å². The van der Waals surface area contributed by atoms with Gasteiger partial charge in [0.1, 0.15) is 13.2 Å². The maximum absolute atomic E-state index is 11.1. The first-order valence-electron chi connectivity index (χ1n) is 4.57. The summed E-state index contributed by atoms with van der Waals surface area (Å²) < 4.78 is 9.46. The first kappa shape index (κ1) is 12.7. The fourth-order valence-electron chi connectivity index (χ4n) is 0.652. The molecule has 0 saturated heterocycles. The van der Waals surface area contributed by atoms with Gasteiger partial charge in [-0.15, -0.1) is 0 Å². The molecular formula is C10H16O4. The maximum atomic E-state index is 11.1. The zero-order chi connectivity index (χ0) is 11.0. The number of carbonyl (C=O) groups excluding carboxylic acids is 2. The SMILES string of the molecule is C=CC(=O)OCCOC(=O)C(C)CC. The molecule has 0 aromatic carbocycles. The molecule has 0 fully saturated rings. The molecule has 0 aliphatic carbocycles. The van der Waals surface area contributed by atoms with Gasteiger partial charge in [-0.1, -0.05) is 20.4 Å². The van der Waals surface area contributed by atoms with E-state index in [1.807, 2.05) is 6.92 Å². The third-order valence-corrected chi connectivity index (χ3v) is 1.75. The smallest absolute Gasteiger partial charge is 0.330 e. The van der Waals surface area contributed by atoms with E-state index >= 15 is 0 Å². The van der Waals surface area contributed by atoms with Crippen LogP contribution in [0.2, 0.25) is 0 Å². The highest BCUT2D eigenvalue weighted by atomic mass is 16.6. The standard InChI is InChI=1S/C10H16O4/c1-4-8(3)10(12)14-7-6-13-9(11)5-2/h5,8H,2,4,6-7H2,1,3H3. The van der Waals surface area contributed by atoms with E-state index in [0.29, 0.717) is 0 Å². The lowest BCUT2D eigenvalue weighted by atomic mass is 10.1. The summed E-state index contributed by atoms with van der Waals surface area (Å²) in [6.07, 6.45) is 1.81. The van der Waals surface area contributed by atoms with Gasteiger partial charge in [-0.2, -0.15) is 0 Å². The molecule has 0 bridgehead atoms. The predicted octanol–water partition coefficient (Wildman–Crippen LogP) is 1.30. The molecule has 1 unspecified atom stereocenters. The Morgan fingerprint density at radius 3 is 2.43 bits per heavy atom. The third kappa shape index (κ3) is 5.35. The summed E-state index contributed by atoms with van der Waals surface area (Å²) in [4.78, 5) is 21.7. The third-order valence-electron chi connectivity index (χ3n) is 1.75. The lowest BCUT2D eigenvalue weighted by Gasteiger charge is -2.08. The minimum atomic E-state index is -0.510. The summed E-state index contributed by atoms with van der Waals surface area (Å²) in [6.45, 7) is 7.11. The van der Waals surface area contributed by atoms with Gasteiger partial charge in [0, 0.05) is 6.08 Å². The second kappa shape index (κ2) is 7.12. The Labute approximate surface area is 83.9 Å². The molecule has 4 heteroatoms. The van der Waals surface area contributed by atoms with Crippen molar-refractivity contribution in [3.8, 4) is 0 Å². The van der Waals surface area contributed by atoms with Crippen molar-refractivity contribution >= 4 is 11.9 Å². The molecule has 0 rings (SSSR count). The molecule has 0 aromatic heterocycles. The van der Waals surface area contributed by atoms with Gasteiger partial charge in [0.15, 0.2) is 0 Å². The van der Waals surface area contributed by atoms with Crippen LogP contribution in [-0.4, -0.2) is 25.2 Å². The molecule has 1 atom stereocenters. The quantitative estimate of drug-likeness (QED) is 0.368. The van der Waals surface area contributed by atoms with Crippen molar-refractivity contribution in [2.45, 2.75) is 20.3 Å². The van der Waals surface area contributed by atoms with E-state index in [0.717, 1.165) is 12.5 Å². The monoisotopic (exact) mass is 200 g/mol. The van der Waals surface area contributed by atoms with Gasteiger partial charge in [-0.3, -0.25) is 4.79 Å². The Kier molecular flexibility index (Phi) is 6.45. The topological polar surface area (TPSA) is 52.6 Å². The van der Waals surface area contributed by atoms with E-state index in [2.05, 4.69) is 11.3 Å². The lowest BCUT2D eigenvalue weighted by molar-refractivity contribution is -0.152. The molecule has 0 aliphatic heterocycles. The fourth-order valence-corrected chi connectivity index (χ4v) is 0.652. The van der Waals surface area contributed by atoms with Crippen molar-refractivity contribution in [3.63, 3.8) is 0 Å². The molecule has 80 valence electrons. The Hall–Kier alpha value is -1.32. The maximum Gasteiger partial charge on any atom is 0.330 e. The van der Waals surface area contributed by atoms with Crippen LogP contribution in [0.1, 0.15) is 20.3 Å². The molecule has 0 spiro atoms. The van der Waals surface area contributed by atoms with Crippen LogP contribution in [0.25, 0.3) is 0 Å². The number of hydrogen-bond donors (Lipinski definition) is 0. The first-order chi connectivity index (χ1) is 6.61. The van der Waals surface area contributed by atoms with Crippen LogP contribution in [-0.2, 0) is 19.1 Å². The summed E-state index contributed by atoms with van der Waals surface area (Å²) in [7, 11) is 0. The Bertz CT molecular complexity index is 210. The summed E-state index contributed by atoms with van der Waals surface area (Å²) in [5.41, 5.74) is 0. The molecule has 0 aliphatic rings. The van der Waals surface area contributed by atoms with Crippen LogP contribution in [0, 0.1) is 5.92 Å². The molecule has 14 heavy (non-hydrogen) atoms. The lowest BCUT2D eigenvalue weighted by Crippen LogP contribution is -2.17. The van der Waals surface area contributed by atoms with Crippen LogP contribution in [0.5, 0.6) is 0 Å². The highest BCUT2D eigenvalue weighted by Gasteiger charge is 2.11. The van der Waals surface area contributed by atoms with Gasteiger partial charge in [-0.25, -0.2) is 4.79 Å². The number of hydrogen-bond acceptors (Lipinski definition) is 4. The van der Waals surface area contributed by atoms with Crippen molar-refractivity contribution in [2.24, 2.45) is 5.92 Å². The summed E-state index contributed by atoms with van der Waals surface area (Å²) in [5.74, 6) is -0.878. The first-order valence-corrected chi connectivity index (χ1v) is 4.57. The van der Waals surface area contributed by atoms with Gasteiger partial charge in [0.25, 0.3) is 0 Å². The van der Waals surface area contributed by atoms with E-state index in [9.17, 15) is 9.59 Å². The average molecular weight is 200 g/mol. The fraction of sp³-hybridized carbons (Fsp3) is 0.600. The van der Waals surface area contributed by atoms with Crippen LogP contribution >= 0.6 is 0 Å². The molecule has 0 amide bonds. The minimum absolute atomic E-state index is 0.0764. The number of esters is 2. The molecule has 0 aromatic rings. The molecule has 4 nitrogen and oxygen atoms in total. The van der Waals surface area contributed by atoms with Gasteiger partial charge in [0.05, 0.1) is 5.92 Å². The highest BCUT2D eigenvalue weighted by Crippen LogP contribution is 2.02. The van der Waals surface area contributed by atoms with Crippen LogP contribution in [0.3, 0.4) is 0 Å². The molecule has 0 heterocycles. The van der Waals surface area contributed by atoms with Crippen molar-refractivity contribution in [1.82, 2.24) is 0 Å². The normalized spacial score (nSPS) is 11.6. The van der Waals surface area contributed by atoms with E-state index in [1.54, 1.807) is 6.92 Å².